The Labute approximate surface area is 86.0 Å². The predicted molar refractivity (Wildman–Crippen MR) is 56.9 cm³/mol. The summed E-state index contributed by atoms with van der Waals surface area (Å²) in [5.74, 6) is 0.743. The lowest BCUT2D eigenvalue weighted by Crippen LogP contribution is -2.32. The molecule has 1 saturated carbocycles. The van der Waals surface area contributed by atoms with Crippen LogP contribution < -0.4 is 5.32 Å². The molecule has 0 aromatic heterocycles. The molecule has 0 radical (unpaired) electrons. The van der Waals surface area contributed by atoms with E-state index in [1.165, 1.54) is 12.8 Å². The number of hydrogen-bond acceptors (Lipinski definition) is 2. The SMILES string of the molecule is CSCC(=O)NCC1(CBr)CC1. The molecule has 2 nitrogen and oxygen atoms in total. The zero-order valence-corrected chi connectivity index (χ0v) is 9.63. The van der Waals surface area contributed by atoms with Gasteiger partial charge in [0.15, 0.2) is 0 Å². The van der Waals surface area contributed by atoms with Crippen LogP contribution in [0.5, 0.6) is 0 Å². The second-order valence-electron chi connectivity index (χ2n) is 3.34. The Kier molecular flexibility index (Phi) is 3.90. The highest BCUT2D eigenvalue weighted by Crippen LogP contribution is 2.46. The number of hydrogen-bond donors (Lipinski definition) is 1. The second-order valence-corrected chi connectivity index (χ2v) is 4.77. The third-order valence-corrected chi connectivity index (χ3v) is 3.92. The van der Waals surface area contributed by atoms with Crippen molar-refractivity contribution in [2.24, 2.45) is 5.41 Å². The standard InChI is InChI=1S/C8H14BrNOS/c1-12-4-7(11)10-6-8(5-9)2-3-8/h2-6H2,1H3,(H,10,11). The molecule has 0 bridgehead atoms. The minimum Gasteiger partial charge on any atom is -0.355 e. The van der Waals surface area contributed by atoms with Crippen molar-refractivity contribution < 1.29 is 4.79 Å². The lowest BCUT2D eigenvalue weighted by atomic mass is 10.1. The van der Waals surface area contributed by atoms with Crippen LogP contribution in [0, 0.1) is 5.41 Å². The largest absolute Gasteiger partial charge is 0.355 e. The van der Waals surface area contributed by atoms with Crippen LogP contribution in [0.25, 0.3) is 0 Å². The molecule has 1 aliphatic rings. The Balaban J connectivity index is 2.12. The molecule has 0 aliphatic heterocycles. The van der Waals surface area contributed by atoms with Gasteiger partial charge in [0.2, 0.25) is 5.91 Å². The summed E-state index contributed by atoms with van der Waals surface area (Å²) in [7, 11) is 0. The first-order valence-electron chi connectivity index (χ1n) is 4.04. The molecule has 0 atom stereocenters. The Morgan fingerprint density at radius 2 is 2.33 bits per heavy atom. The van der Waals surface area contributed by atoms with Crippen LogP contribution in [-0.4, -0.2) is 29.8 Å². The minimum absolute atomic E-state index is 0.162. The third-order valence-electron chi connectivity index (χ3n) is 2.18. The van der Waals surface area contributed by atoms with E-state index in [1.807, 2.05) is 6.26 Å². The monoisotopic (exact) mass is 251 g/mol. The van der Waals surface area contributed by atoms with Gasteiger partial charge in [-0.2, -0.15) is 11.8 Å². The summed E-state index contributed by atoms with van der Waals surface area (Å²) < 4.78 is 0. The lowest BCUT2D eigenvalue weighted by molar-refractivity contribution is -0.118. The van der Waals surface area contributed by atoms with E-state index in [-0.39, 0.29) is 5.91 Å². The molecule has 1 fully saturated rings. The number of thioether (sulfide) groups is 1. The third kappa shape index (κ3) is 2.98. The maximum atomic E-state index is 11.1. The van der Waals surface area contributed by atoms with Crippen molar-refractivity contribution in [1.29, 1.82) is 0 Å². The number of halogens is 1. The van der Waals surface area contributed by atoms with E-state index in [2.05, 4.69) is 21.2 Å². The molecule has 1 amide bonds. The summed E-state index contributed by atoms with van der Waals surface area (Å²) in [6.07, 6.45) is 4.44. The van der Waals surface area contributed by atoms with Crippen molar-refractivity contribution >= 4 is 33.6 Å². The van der Waals surface area contributed by atoms with Crippen LogP contribution in [0.15, 0.2) is 0 Å². The fourth-order valence-electron chi connectivity index (χ4n) is 1.00. The first-order chi connectivity index (χ1) is 5.72. The van der Waals surface area contributed by atoms with Gasteiger partial charge in [-0.1, -0.05) is 15.9 Å². The number of rotatable bonds is 5. The van der Waals surface area contributed by atoms with Gasteiger partial charge < -0.3 is 5.32 Å². The number of carbonyl (C=O) groups excluding carboxylic acids is 1. The van der Waals surface area contributed by atoms with Crippen molar-refractivity contribution in [3.63, 3.8) is 0 Å². The molecule has 1 aliphatic carbocycles. The van der Waals surface area contributed by atoms with Gasteiger partial charge in [0.05, 0.1) is 5.75 Å². The Morgan fingerprint density at radius 1 is 1.67 bits per heavy atom. The molecule has 0 aromatic rings. The topological polar surface area (TPSA) is 29.1 Å². The van der Waals surface area contributed by atoms with Gasteiger partial charge in [0, 0.05) is 11.9 Å². The number of nitrogens with one attached hydrogen (secondary N) is 1. The highest BCUT2D eigenvalue weighted by Gasteiger charge is 2.41. The predicted octanol–water partition coefficient (Wildman–Crippen LogP) is 1.64. The fraction of sp³-hybridized carbons (Fsp3) is 0.875. The van der Waals surface area contributed by atoms with Crippen LogP contribution >= 0.6 is 27.7 Å². The van der Waals surface area contributed by atoms with Crippen LogP contribution in [0.3, 0.4) is 0 Å². The van der Waals surface area contributed by atoms with E-state index >= 15 is 0 Å². The molecule has 0 spiro atoms. The Hall–Kier alpha value is 0.300. The van der Waals surface area contributed by atoms with Gasteiger partial charge in [0.25, 0.3) is 0 Å². The van der Waals surface area contributed by atoms with E-state index in [0.29, 0.717) is 11.2 Å². The van der Waals surface area contributed by atoms with E-state index in [1.54, 1.807) is 11.8 Å². The Morgan fingerprint density at radius 3 is 2.75 bits per heavy atom. The zero-order chi connectivity index (χ0) is 9.03. The van der Waals surface area contributed by atoms with Crippen LogP contribution in [0.1, 0.15) is 12.8 Å². The summed E-state index contributed by atoms with van der Waals surface area (Å²) in [5.41, 5.74) is 0.397. The van der Waals surface area contributed by atoms with Gasteiger partial charge in [-0.3, -0.25) is 4.79 Å². The van der Waals surface area contributed by atoms with Crippen LogP contribution in [0.2, 0.25) is 0 Å². The number of carbonyl (C=O) groups is 1. The number of alkyl halides is 1. The summed E-state index contributed by atoms with van der Waals surface area (Å²) in [5, 5.41) is 3.96. The number of amides is 1. The van der Waals surface area contributed by atoms with Crippen LogP contribution in [0.4, 0.5) is 0 Å². The zero-order valence-electron chi connectivity index (χ0n) is 7.23. The van der Waals surface area contributed by atoms with E-state index in [9.17, 15) is 4.79 Å². The van der Waals surface area contributed by atoms with Gasteiger partial charge in [-0.15, -0.1) is 0 Å². The maximum Gasteiger partial charge on any atom is 0.230 e. The molecule has 70 valence electrons. The van der Waals surface area contributed by atoms with Gasteiger partial charge in [-0.25, -0.2) is 0 Å². The lowest BCUT2D eigenvalue weighted by Gasteiger charge is -2.11. The molecular weight excluding hydrogens is 238 g/mol. The van der Waals surface area contributed by atoms with E-state index in [4.69, 9.17) is 0 Å². The average Bonchev–Trinajstić information content (AvgIpc) is 2.82. The first-order valence-corrected chi connectivity index (χ1v) is 6.55. The molecule has 0 aromatic carbocycles. The summed E-state index contributed by atoms with van der Waals surface area (Å²) in [6.45, 7) is 0.845. The highest BCUT2D eigenvalue weighted by molar-refractivity contribution is 9.09. The van der Waals surface area contributed by atoms with E-state index < -0.39 is 0 Å². The molecule has 1 rings (SSSR count). The first kappa shape index (κ1) is 10.4. The molecule has 4 heteroatoms. The maximum absolute atomic E-state index is 11.1. The van der Waals surface area contributed by atoms with E-state index in [0.717, 1.165) is 11.9 Å². The quantitative estimate of drug-likeness (QED) is 0.754. The average molecular weight is 252 g/mol. The fourth-order valence-corrected chi connectivity index (χ4v) is 2.13. The molecule has 0 heterocycles. The normalized spacial score (nSPS) is 18.8. The van der Waals surface area contributed by atoms with Crippen molar-refractivity contribution in [3.8, 4) is 0 Å². The molecular formula is C8H14BrNOS. The minimum atomic E-state index is 0.162. The molecule has 1 N–H and O–H groups in total. The summed E-state index contributed by atoms with van der Waals surface area (Å²) in [6, 6.07) is 0. The Bertz CT molecular complexity index is 170. The van der Waals surface area contributed by atoms with Gasteiger partial charge in [0.1, 0.15) is 0 Å². The van der Waals surface area contributed by atoms with Crippen molar-refractivity contribution in [2.45, 2.75) is 12.8 Å². The molecule has 12 heavy (non-hydrogen) atoms. The van der Waals surface area contributed by atoms with Gasteiger partial charge in [-0.05, 0) is 24.5 Å². The second kappa shape index (κ2) is 4.51. The summed E-state index contributed by atoms with van der Waals surface area (Å²) in [4.78, 5) is 11.1. The molecule has 0 unspecified atom stereocenters. The highest BCUT2D eigenvalue weighted by atomic mass is 79.9. The van der Waals surface area contributed by atoms with Crippen molar-refractivity contribution in [1.82, 2.24) is 5.32 Å². The smallest absolute Gasteiger partial charge is 0.230 e. The van der Waals surface area contributed by atoms with Crippen LogP contribution in [-0.2, 0) is 4.79 Å². The van der Waals surface area contributed by atoms with Crippen molar-refractivity contribution in [2.75, 3.05) is 23.9 Å². The van der Waals surface area contributed by atoms with Crippen molar-refractivity contribution in [3.05, 3.63) is 0 Å². The summed E-state index contributed by atoms with van der Waals surface area (Å²) >= 11 is 5.03. The van der Waals surface area contributed by atoms with Gasteiger partial charge >= 0.3 is 0 Å². The molecule has 0 saturated heterocycles.